The first-order chi connectivity index (χ1) is 13.6. The molecule has 1 saturated heterocycles. The molecule has 28 heavy (non-hydrogen) atoms. The van der Waals surface area contributed by atoms with Crippen molar-refractivity contribution in [2.24, 2.45) is 11.8 Å². The smallest absolute Gasteiger partial charge is 0.258 e. The summed E-state index contributed by atoms with van der Waals surface area (Å²) in [6.07, 6.45) is 7.92. The lowest BCUT2D eigenvalue weighted by molar-refractivity contribution is -0.129. The minimum Gasteiger partial charge on any atom is -0.396 e. The number of pyridine rings is 1. The lowest BCUT2D eigenvalue weighted by Gasteiger charge is -2.34. The van der Waals surface area contributed by atoms with Gasteiger partial charge in [0.15, 0.2) is 0 Å². The second-order valence-electron chi connectivity index (χ2n) is 8.40. The molecule has 4 rings (SSSR count). The van der Waals surface area contributed by atoms with E-state index in [-0.39, 0.29) is 48.0 Å². The third-order valence-electron chi connectivity index (χ3n) is 6.77. The zero-order valence-corrected chi connectivity index (χ0v) is 16.8. The Morgan fingerprint density at radius 2 is 2.14 bits per heavy atom. The summed E-state index contributed by atoms with van der Waals surface area (Å²) in [4.78, 5) is 28.3. The predicted molar refractivity (Wildman–Crippen MR) is 109 cm³/mol. The Kier molecular flexibility index (Phi) is 5.43. The standard InChI is InChI=1S/C22H31N3O3/c1-3-6-14-9-10-18-19-16(12-25(18)22(14)28)17(13-26)20(24(19)11-4-2)21(27)23-15-7-5-8-15/h3,6,9-10,15-17,19-20,26H,4-5,7-8,11-13H2,1-2H3,(H,23,27)/b6-3-/t16-,17-,19+,20-/m1/s1. The Morgan fingerprint density at radius 3 is 2.75 bits per heavy atom. The van der Waals surface area contributed by atoms with Crippen LogP contribution in [-0.2, 0) is 11.3 Å². The second kappa shape index (κ2) is 7.84. The molecule has 2 N–H and O–H groups in total. The molecular weight excluding hydrogens is 354 g/mol. The van der Waals surface area contributed by atoms with Gasteiger partial charge < -0.3 is 15.0 Å². The van der Waals surface area contributed by atoms with Crippen LogP contribution in [0.25, 0.3) is 6.08 Å². The van der Waals surface area contributed by atoms with Gasteiger partial charge in [-0.3, -0.25) is 14.5 Å². The molecule has 0 unspecified atom stereocenters. The summed E-state index contributed by atoms with van der Waals surface area (Å²) >= 11 is 0. The molecule has 1 aromatic rings. The van der Waals surface area contributed by atoms with E-state index < -0.39 is 0 Å². The monoisotopic (exact) mass is 385 g/mol. The van der Waals surface area contributed by atoms with Gasteiger partial charge in [0.05, 0.1) is 12.1 Å². The number of nitrogens with zero attached hydrogens (tertiary/aromatic N) is 2. The van der Waals surface area contributed by atoms with Crippen LogP contribution in [0.5, 0.6) is 0 Å². The summed E-state index contributed by atoms with van der Waals surface area (Å²) in [5.41, 5.74) is 1.69. The second-order valence-corrected chi connectivity index (χ2v) is 8.40. The normalized spacial score (nSPS) is 29.7. The molecule has 3 heterocycles. The number of aliphatic hydroxyl groups is 1. The molecule has 1 aromatic heterocycles. The van der Waals surface area contributed by atoms with Crippen LogP contribution in [0.4, 0.5) is 0 Å². The third-order valence-corrected chi connectivity index (χ3v) is 6.77. The van der Waals surface area contributed by atoms with E-state index in [0.717, 1.165) is 31.5 Å². The summed E-state index contributed by atoms with van der Waals surface area (Å²) in [6, 6.07) is 3.90. The first-order valence-electron chi connectivity index (χ1n) is 10.6. The van der Waals surface area contributed by atoms with Crippen molar-refractivity contribution in [2.75, 3.05) is 13.2 Å². The molecule has 2 fully saturated rings. The van der Waals surface area contributed by atoms with E-state index in [1.807, 2.05) is 35.8 Å². The number of amides is 1. The van der Waals surface area contributed by atoms with Gasteiger partial charge >= 0.3 is 0 Å². The molecule has 0 bridgehead atoms. The van der Waals surface area contributed by atoms with Crippen molar-refractivity contribution in [2.45, 2.75) is 64.2 Å². The van der Waals surface area contributed by atoms with E-state index >= 15 is 0 Å². The maximum Gasteiger partial charge on any atom is 0.258 e. The molecule has 1 saturated carbocycles. The van der Waals surface area contributed by atoms with E-state index in [2.05, 4.69) is 17.1 Å². The summed E-state index contributed by atoms with van der Waals surface area (Å²) in [5, 5.41) is 13.4. The van der Waals surface area contributed by atoms with Gasteiger partial charge in [-0.1, -0.05) is 19.1 Å². The van der Waals surface area contributed by atoms with Gasteiger partial charge in [0.25, 0.3) is 5.56 Å². The van der Waals surface area contributed by atoms with Crippen LogP contribution < -0.4 is 10.9 Å². The molecule has 152 valence electrons. The highest BCUT2D eigenvalue weighted by molar-refractivity contribution is 5.83. The number of likely N-dealkylation sites (tertiary alicyclic amines) is 1. The number of aromatic nitrogens is 1. The number of hydrogen-bond donors (Lipinski definition) is 2. The van der Waals surface area contributed by atoms with Crippen LogP contribution >= 0.6 is 0 Å². The van der Waals surface area contributed by atoms with E-state index in [1.165, 1.54) is 6.42 Å². The van der Waals surface area contributed by atoms with Crippen molar-refractivity contribution in [1.29, 1.82) is 0 Å². The molecule has 1 amide bonds. The molecular formula is C22H31N3O3. The van der Waals surface area contributed by atoms with Crippen molar-refractivity contribution in [3.63, 3.8) is 0 Å². The largest absolute Gasteiger partial charge is 0.396 e. The molecule has 0 spiro atoms. The number of fused-ring (bicyclic) bond motifs is 3. The van der Waals surface area contributed by atoms with Crippen molar-refractivity contribution in [3.05, 3.63) is 39.8 Å². The van der Waals surface area contributed by atoms with Crippen molar-refractivity contribution >= 4 is 12.0 Å². The zero-order valence-electron chi connectivity index (χ0n) is 16.8. The molecule has 4 atom stereocenters. The van der Waals surface area contributed by atoms with Crippen LogP contribution in [0.15, 0.2) is 23.0 Å². The molecule has 2 aliphatic heterocycles. The lowest BCUT2D eigenvalue weighted by atomic mass is 9.87. The highest BCUT2D eigenvalue weighted by Crippen LogP contribution is 2.49. The van der Waals surface area contributed by atoms with Crippen LogP contribution in [-0.4, -0.2) is 45.7 Å². The number of aliphatic hydroxyl groups excluding tert-OH is 1. The third kappa shape index (κ3) is 3.03. The molecule has 1 aliphatic carbocycles. The minimum atomic E-state index is -0.320. The van der Waals surface area contributed by atoms with E-state index in [9.17, 15) is 14.7 Å². The van der Waals surface area contributed by atoms with Crippen LogP contribution in [0, 0.1) is 11.8 Å². The fraction of sp³-hybridized carbons (Fsp3) is 0.636. The lowest BCUT2D eigenvalue weighted by Crippen LogP contribution is -2.52. The van der Waals surface area contributed by atoms with Crippen LogP contribution in [0.2, 0.25) is 0 Å². The van der Waals surface area contributed by atoms with Gasteiger partial charge in [0, 0.05) is 42.3 Å². The summed E-state index contributed by atoms with van der Waals surface area (Å²) in [6.45, 7) is 5.34. The molecule has 6 heteroatoms. The molecule has 0 aromatic carbocycles. The van der Waals surface area contributed by atoms with Gasteiger partial charge in [0.1, 0.15) is 0 Å². The Morgan fingerprint density at radius 1 is 1.36 bits per heavy atom. The number of nitrogens with one attached hydrogen (secondary N) is 1. The van der Waals surface area contributed by atoms with Gasteiger partial charge in [-0.05, 0) is 51.3 Å². The predicted octanol–water partition coefficient (Wildman–Crippen LogP) is 1.92. The summed E-state index contributed by atoms with van der Waals surface area (Å²) < 4.78 is 1.86. The maximum atomic E-state index is 13.1. The van der Waals surface area contributed by atoms with E-state index in [4.69, 9.17) is 0 Å². The van der Waals surface area contributed by atoms with Gasteiger partial charge in [-0.2, -0.15) is 0 Å². The van der Waals surface area contributed by atoms with Gasteiger partial charge in [-0.15, -0.1) is 0 Å². The SMILES string of the molecule is C/C=C\c1ccc2n(c1=O)C[C@@H]1[C@@H](CO)[C@H](C(=O)NC3CCC3)N(CCC)[C@H]21. The maximum absolute atomic E-state index is 13.1. The van der Waals surface area contributed by atoms with Crippen LogP contribution in [0.1, 0.15) is 56.8 Å². The number of rotatable bonds is 6. The Bertz CT molecular complexity index is 827. The van der Waals surface area contributed by atoms with Crippen molar-refractivity contribution in [1.82, 2.24) is 14.8 Å². The van der Waals surface area contributed by atoms with E-state index in [1.54, 1.807) is 0 Å². The Balaban J connectivity index is 1.70. The summed E-state index contributed by atoms with van der Waals surface area (Å²) in [7, 11) is 0. The first kappa shape index (κ1) is 19.4. The number of carbonyl (C=O) groups is 1. The highest BCUT2D eigenvalue weighted by atomic mass is 16.3. The number of carbonyl (C=O) groups excluding carboxylic acids is 1. The fourth-order valence-corrected chi connectivity index (χ4v) is 5.29. The average Bonchev–Trinajstić information content (AvgIpc) is 3.16. The Hall–Kier alpha value is -1.92. The fourth-order valence-electron chi connectivity index (χ4n) is 5.29. The molecule has 3 aliphatic rings. The van der Waals surface area contributed by atoms with E-state index in [0.29, 0.717) is 12.1 Å². The Labute approximate surface area is 166 Å². The topological polar surface area (TPSA) is 74.6 Å². The first-order valence-corrected chi connectivity index (χ1v) is 10.6. The van der Waals surface area contributed by atoms with Gasteiger partial charge in [0.2, 0.25) is 5.91 Å². The minimum absolute atomic E-state index is 0.0154. The number of hydrogen-bond acceptors (Lipinski definition) is 4. The van der Waals surface area contributed by atoms with Gasteiger partial charge in [-0.25, -0.2) is 0 Å². The average molecular weight is 386 g/mol. The van der Waals surface area contributed by atoms with Crippen molar-refractivity contribution in [3.8, 4) is 0 Å². The molecule has 6 nitrogen and oxygen atoms in total. The van der Waals surface area contributed by atoms with Crippen LogP contribution in [0.3, 0.4) is 0 Å². The van der Waals surface area contributed by atoms with Crippen molar-refractivity contribution < 1.29 is 9.90 Å². The zero-order chi connectivity index (χ0) is 19.8. The highest BCUT2D eigenvalue weighted by Gasteiger charge is 2.55. The molecule has 0 radical (unpaired) electrons. The summed E-state index contributed by atoms with van der Waals surface area (Å²) in [5.74, 6) is -0.0191. The quantitative estimate of drug-likeness (QED) is 0.785. The number of allylic oxidation sites excluding steroid dienone is 1.